The van der Waals surface area contributed by atoms with Crippen LogP contribution in [-0.2, 0) is 16.6 Å². The molecular weight excluding hydrogens is 280 g/mol. The molecule has 1 fully saturated rings. The molecule has 4 heteroatoms. The number of nitrogens with two attached hydrogens (primary N) is 1. The maximum absolute atomic E-state index is 12.8. The highest BCUT2D eigenvalue weighted by molar-refractivity contribution is 7.09. The van der Waals surface area contributed by atoms with Crippen molar-refractivity contribution in [2.24, 2.45) is 0 Å². The van der Waals surface area contributed by atoms with Crippen molar-refractivity contribution in [2.45, 2.75) is 24.7 Å². The minimum atomic E-state index is -0.294. The van der Waals surface area contributed by atoms with Gasteiger partial charge in [0.05, 0.1) is 5.41 Å². The van der Waals surface area contributed by atoms with E-state index in [1.54, 1.807) is 11.3 Å². The molecular formula is C17H20N2OS. The molecule has 0 aliphatic heterocycles. The Morgan fingerprint density at radius 2 is 2.00 bits per heavy atom. The second-order valence-electron chi connectivity index (χ2n) is 5.76. The Kier molecular flexibility index (Phi) is 3.72. The Morgan fingerprint density at radius 3 is 2.57 bits per heavy atom. The molecule has 2 aromatic rings. The number of rotatable bonds is 5. The first-order valence-electron chi connectivity index (χ1n) is 7.26. The predicted octanol–water partition coefficient (Wildman–Crippen LogP) is 3.06. The molecule has 1 amide bonds. The van der Waals surface area contributed by atoms with Crippen molar-refractivity contribution in [1.82, 2.24) is 4.90 Å². The Labute approximate surface area is 129 Å². The van der Waals surface area contributed by atoms with Crippen LogP contribution in [0.2, 0.25) is 0 Å². The van der Waals surface area contributed by atoms with Gasteiger partial charge in [-0.2, -0.15) is 0 Å². The van der Waals surface area contributed by atoms with E-state index in [0.717, 1.165) is 37.1 Å². The number of hydrogen-bond donors (Lipinski definition) is 1. The van der Waals surface area contributed by atoms with E-state index >= 15 is 0 Å². The lowest BCUT2D eigenvalue weighted by atomic mass is 9.94. The summed E-state index contributed by atoms with van der Waals surface area (Å²) in [5.74, 6) is 0.240. The van der Waals surface area contributed by atoms with Gasteiger partial charge in [-0.05, 0) is 48.4 Å². The van der Waals surface area contributed by atoms with Crippen molar-refractivity contribution in [3.05, 3.63) is 52.2 Å². The highest BCUT2D eigenvalue weighted by Crippen LogP contribution is 2.49. The Morgan fingerprint density at radius 1 is 1.29 bits per heavy atom. The Hall–Kier alpha value is -1.81. The predicted molar refractivity (Wildman–Crippen MR) is 87.4 cm³/mol. The fraction of sp³-hybridized carbons (Fsp3) is 0.353. The summed E-state index contributed by atoms with van der Waals surface area (Å²) in [6.45, 7) is 0.774. The summed E-state index contributed by atoms with van der Waals surface area (Å²) in [4.78, 5) is 16.0. The van der Waals surface area contributed by atoms with Gasteiger partial charge in [0.1, 0.15) is 0 Å². The van der Waals surface area contributed by atoms with Crippen LogP contribution in [-0.4, -0.2) is 24.4 Å². The van der Waals surface area contributed by atoms with E-state index < -0.39 is 0 Å². The van der Waals surface area contributed by atoms with Gasteiger partial charge in [0.25, 0.3) is 0 Å². The fourth-order valence-corrected chi connectivity index (χ4v) is 3.45. The third-order valence-corrected chi connectivity index (χ3v) is 5.18. The van der Waals surface area contributed by atoms with Crippen LogP contribution in [0.4, 0.5) is 5.69 Å². The number of nitrogens with zero attached hydrogens (tertiary/aromatic N) is 1. The average Bonchev–Trinajstić information content (AvgIpc) is 3.13. The van der Waals surface area contributed by atoms with Crippen LogP contribution in [0.1, 0.15) is 23.3 Å². The normalized spacial score (nSPS) is 15.7. The molecule has 1 aromatic carbocycles. The van der Waals surface area contributed by atoms with Gasteiger partial charge < -0.3 is 10.6 Å². The van der Waals surface area contributed by atoms with Gasteiger partial charge in [-0.3, -0.25) is 4.79 Å². The van der Waals surface area contributed by atoms with Crippen molar-refractivity contribution < 1.29 is 4.79 Å². The van der Waals surface area contributed by atoms with Crippen LogP contribution in [0.5, 0.6) is 0 Å². The molecule has 1 aliphatic carbocycles. The molecule has 0 unspecified atom stereocenters. The summed E-state index contributed by atoms with van der Waals surface area (Å²) in [6, 6.07) is 11.9. The third-order valence-electron chi connectivity index (χ3n) is 4.24. The van der Waals surface area contributed by atoms with Crippen molar-refractivity contribution in [3.63, 3.8) is 0 Å². The molecule has 0 atom stereocenters. The van der Waals surface area contributed by atoms with Crippen LogP contribution in [0.15, 0.2) is 41.8 Å². The van der Waals surface area contributed by atoms with Crippen LogP contribution in [0.25, 0.3) is 0 Å². The summed E-state index contributed by atoms with van der Waals surface area (Å²) in [5, 5.41) is 2.08. The monoisotopic (exact) mass is 300 g/mol. The SMILES string of the molecule is CN(CCc1cccs1)C(=O)C1(c2ccc(N)cc2)CC1. The lowest BCUT2D eigenvalue weighted by Crippen LogP contribution is -2.37. The number of thiophene rings is 1. The van der Waals surface area contributed by atoms with E-state index in [-0.39, 0.29) is 11.3 Å². The molecule has 0 bridgehead atoms. The number of carbonyl (C=O) groups is 1. The smallest absolute Gasteiger partial charge is 0.232 e. The van der Waals surface area contributed by atoms with Crippen LogP contribution in [0, 0.1) is 0 Å². The van der Waals surface area contributed by atoms with Gasteiger partial charge in [0.15, 0.2) is 0 Å². The van der Waals surface area contributed by atoms with Crippen LogP contribution in [0.3, 0.4) is 0 Å². The van der Waals surface area contributed by atoms with Gasteiger partial charge in [0, 0.05) is 24.2 Å². The lowest BCUT2D eigenvalue weighted by molar-refractivity contribution is -0.132. The van der Waals surface area contributed by atoms with Gasteiger partial charge in [-0.15, -0.1) is 11.3 Å². The minimum Gasteiger partial charge on any atom is -0.399 e. The maximum Gasteiger partial charge on any atom is 0.232 e. The number of carbonyl (C=O) groups excluding carboxylic acids is 1. The zero-order chi connectivity index (χ0) is 14.9. The molecule has 21 heavy (non-hydrogen) atoms. The van der Waals surface area contributed by atoms with Gasteiger partial charge in [-0.25, -0.2) is 0 Å². The third kappa shape index (κ3) is 2.81. The van der Waals surface area contributed by atoms with Crippen molar-refractivity contribution >= 4 is 22.9 Å². The summed E-state index contributed by atoms with van der Waals surface area (Å²) in [5.41, 5.74) is 7.29. The molecule has 1 aromatic heterocycles. The molecule has 3 rings (SSSR count). The molecule has 1 aliphatic rings. The summed E-state index contributed by atoms with van der Waals surface area (Å²) >= 11 is 1.75. The van der Waals surface area contributed by atoms with E-state index in [1.165, 1.54) is 4.88 Å². The summed E-state index contributed by atoms with van der Waals surface area (Å²) in [6.07, 6.45) is 2.82. The Bertz CT molecular complexity index is 615. The molecule has 1 heterocycles. The number of amides is 1. The molecule has 2 N–H and O–H groups in total. The minimum absolute atomic E-state index is 0.240. The quantitative estimate of drug-likeness (QED) is 0.863. The van der Waals surface area contributed by atoms with E-state index in [1.807, 2.05) is 36.2 Å². The number of nitrogen functional groups attached to an aromatic ring is 1. The standard InChI is InChI=1S/C17H20N2OS/c1-19(11-8-15-3-2-12-21-15)16(20)17(9-10-17)13-4-6-14(18)7-5-13/h2-7,12H,8-11,18H2,1H3. The highest BCUT2D eigenvalue weighted by atomic mass is 32.1. The number of benzene rings is 1. The van der Waals surface area contributed by atoms with Gasteiger partial charge >= 0.3 is 0 Å². The molecule has 0 radical (unpaired) electrons. The molecule has 0 saturated heterocycles. The van der Waals surface area contributed by atoms with Crippen LogP contribution >= 0.6 is 11.3 Å². The number of anilines is 1. The summed E-state index contributed by atoms with van der Waals surface area (Å²) < 4.78 is 0. The molecule has 0 spiro atoms. The lowest BCUT2D eigenvalue weighted by Gasteiger charge is -2.24. The number of likely N-dealkylation sites (N-methyl/N-ethyl adjacent to an activating group) is 1. The van der Waals surface area contributed by atoms with E-state index in [2.05, 4.69) is 17.5 Å². The first-order chi connectivity index (χ1) is 10.1. The number of hydrogen-bond acceptors (Lipinski definition) is 3. The summed E-state index contributed by atoms with van der Waals surface area (Å²) in [7, 11) is 1.91. The first-order valence-corrected chi connectivity index (χ1v) is 8.14. The zero-order valence-corrected chi connectivity index (χ0v) is 13.0. The topological polar surface area (TPSA) is 46.3 Å². The van der Waals surface area contributed by atoms with E-state index in [4.69, 9.17) is 5.73 Å². The van der Waals surface area contributed by atoms with Crippen LogP contribution < -0.4 is 5.73 Å². The second kappa shape index (κ2) is 5.53. The maximum atomic E-state index is 12.8. The first kappa shape index (κ1) is 14.1. The van der Waals surface area contributed by atoms with E-state index in [9.17, 15) is 4.79 Å². The van der Waals surface area contributed by atoms with Crippen molar-refractivity contribution in [2.75, 3.05) is 19.3 Å². The molecule has 110 valence electrons. The molecule has 1 saturated carbocycles. The van der Waals surface area contributed by atoms with Gasteiger partial charge in [0.2, 0.25) is 5.91 Å². The average molecular weight is 300 g/mol. The van der Waals surface area contributed by atoms with E-state index in [0.29, 0.717) is 0 Å². The second-order valence-corrected chi connectivity index (χ2v) is 6.79. The molecule has 3 nitrogen and oxygen atoms in total. The van der Waals surface area contributed by atoms with Crippen molar-refractivity contribution in [3.8, 4) is 0 Å². The Balaban J connectivity index is 1.67. The highest BCUT2D eigenvalue weighted by Gasteiger charge is 2.52. The van der Waals surface area contributed by atoms with Crippen molar-refractivity contribution in [1.29, 1.82) is 0 Å². The fourth-order valence-electron chi connectivity index (χ4n) is 2.75. The zero-order valence-electron chi connectivity index (χ0n) is 12.2. The largest absolute Gasteiger partial charge is 0.399 e. The van der Waals surface area contributed by atoms with Gasteiger partial charge in [-0.1, -0.05) is 18.2 Å².